The van der Waals surface area contributed by atoms with Crippen molar-refractivity contribution in [3.8, 4) is 0 Å². The van der Waals surface area contributed by atoms with E-state index in [-0.39, 0.29) is 44.0 Å². The summed E-state index contributed by atoms with van der Waals surface area (Å²) < 4.78 is 16.7. The number of carbonyl (C=O) groups excluding carboxylic acids is 3. The molecule has 0 N–H and O–H groups in total. The standard InChI is InChI=1S/C59H88O6/c1-4-7-10-13-16-19-22-25-27-28-29-30-32-34-37-40-43-46-49-52-58(61)64-55-56(54-63-57(60)51-48-45-42-39-36-33-24-21-18-15-12-9-6-3)65-59(62)53-50-47-44-41-38-35-31-26-23-20-17-14-11-8-5-2/h7-8,10-11,13-14,16-17,19-20,22-23,25-38,56H,4-6,9,12,15,18,21,24,39-55H2,1-3H3/b10-7-,11-8-,16-13-,17-14-,22-19-,23-20-,27-25-,29-28+,31-26-,32-30-,36-33-,37-34-,38-35-. The molecule has 0 heterocycles. The molecular formula is C59H88O6. The number of rotatable bonds is 42. The summed E-state index contributed by atoms with van der Waals surface area (Å²) in [6, 6.07) is 0. The Morgan fingerprint density at radius 2 is 0.615 bits per heavy atom. The molecular weight excluding hydrogens is 805 g/mol. The number of allylic oxidation sites excluding steroid dienone is 26. The van der Waals surface area contributed by atoms with Crippen LogP contribution >= 0.6 is 0 Å². The van der Waals surface area contributed by atoms with E-state index in [0.29, 0.717) is 19.3 Å². The summed E-state index contributed by atoms with van der Waals surface area (Å²) in [6.45, 7) is 6.21. The van der Waals surface area contributed by atoms with Crippen LogP contribution in [0.4, 0.5) is 0 Å². The first-order chi connectivity index (χ1) is 32.0. The van der Waals surface area contributed by atoms with Crippen LogP contribution in [0.25, 0.3) is 0 Å². The van der Waals surface area contributed by atoms with Crippen LogP contribution in [0.5, 0.6) is 0 Å². The first-order valence-corrected chi connectivity index (χ1v) is 25.2. The molecule has 0 bridgehead atoms. The van der Waals surface area contributed by atoms with E-state index in [1.807, 2.05) is 122 Å². The summed E-state index contributed by atoms with van der Waals surface area (Å²) >= 11 is 0. The zero-order valence-electron chi connectivity index (χ0n) is 40.9. The Hall–Kier alpha value is -4.97. The fraction of sp³-hybridized carbons (Fsp3) is 0.508. The van der Waals surface area contributed by atoms with E-state index < -0.39 is 6.10 Å². The second kappa shape index (κ2) is 51.7. The SMILES string of the molecule is CC\C=C/C=C\C=C/C=C\C=C/CCCCCC(=O)OC(COC(=O)CCCCC\C=C/C=C\C=C\C=C/C=C\C=C/C=C\CC)COC(=O)CCCCC/C=C\CCCCCCCC. The molecule has 0 fully saturated rings. The van der Waals surface area contributed by atoms with E-state index in [4.69, 9.17) is 14.2 Å². The van der Waals surface area contributed by atoms with Gasteiger partial charge in [-0.15, -0.1) is 0 Å². The summed E-state index contributed by atoms with van der Waals surface area (Å²) in [5, 5.41) is 0. The monoisotopic (exact) mass is 893 g/mol. The van der Waals surface area contributed by atoms with Crippen LogP contribution < -0.4 is 0 Å². The number of hydrogen-bond donors (Lipinski definition) is 0. The minimum absolute atomic E-state index is 0.126. The average molecular weight is 893 g/mol. The molecule has 0 saturated heterocycles. The maximum atomic E-state index is 12.8. The number of esters is 3. The molecule has 0 aliphatic heterocycles. The van der Waals surface area contributed by atoms with Gasteiger partial charge in [-0.25, -0.2) is 0 Å². The minimum atomic E-state index is -0.833. The molecule has 0 rings (SSSR count). The van der Waals surface area contributed by atoms with Gasteiger partial charge in [0.1, 0.15) is 13.2 Å². The molecule has 6 nitrogen and oxygen atoms in total. The number of ether oxygens (including phenoxy) is 3. The maximum Gasteiger partial charge on any atom is 0.306 e. The van der Waals surface area contributed by atoms with Crippen molar-refractivity contribution >= 4 is 17.9 Å². The third-order valence-corrected chi connectivity index (χ3v) is 9.82. The van der Waals surface area contributed by atoms with Crippen molar-refractivity contribution in [3.63, 3.8) is 0 Å². The van der Waals surface area contributed by atoms with Crippen LogP contribution in [0.2, 0.25) is 0 Å². The highest BCUT2D eigenvalue weighted by Gasteiger charge is 2.19. The van der Waals surface area contributed by atoms with E-state index in [1.54, 1.807) is 0 Å². The van der Waals surface area contributed by atoms with Gasteiger partial charge in [0.15, 0.2) is 6.10 Å². The van der Waals surface area contributed by atoms with Gasteiger partial charge in [0.2, 0.25) is 0 Å². The summed E-state index contributed by atoms with van der Waals surface area (Å²) in [6.07, 6.45) is 75.0. The zero-order valence-corrected chi connectivity index (χ0v) is 40.9. The second-order valence-corrected chi connectivity index (χ2v) is 15.9. The van der Waals surface area contributed by atoms with Gasteiger partial charge in [-0.05, 0) is 83.5 Å². The van der Waals surface area contributed by atoms with Gasteiger partial charge in [0.05, 0.1) is 0 Å². The lowest BCUT2D eigenvalue weighted by atomic mass is 10.1. The topological polar surface area (TPSA) is 78.9 Å². The van der Waals surface area contributed by atoms with Crippen molar-refractivity contribution in [3.05, 3.63) is 158 Å². The molecule has 0 aliphatic carbocycles. The van der Waals surface area contributed by atoms with Crippen molar-refractivity contribution in [1.29, 1.82) is 0 Å². The lowest BCUT2D eigenvalue weighted by Crippen LogP contribution is -2.30. The normalized spacial score (nSPS) is 13.5. The Morgan fingerprint density at radius 1 is 0.323 bits per heavy atom. The first-order valence-electron chi connectivity index (χ1n) is 25.2. The third-order valence-electron chi connectivity index (χ3n) is 9.82. The summed E-state index contributed by atoms with van der Waals surface area (Å²) in [5.41, 5.74) is 0. The number of unbranched alkanes of at least 4 members (excludes halogenated alkanes) is 15. The quantitative estimate of drug-likeness (QED) is 0.0200. The molecule has 0 aromatic rings. The van der Waals surface area contributed by atoms with Crippen LogP contribution in [-0.4, -0.2) is 37.2 Å². The summed E-state index contributed by atoms with van der Waals surface area (Å²) in [4.78, 5) is 38.0. The van der Waals surface area contributed by atoms with E-state index in [1.165, 1.54) is 38.5 Å². The Labute approximate surface area is 397 Å². The van der Waals surface area contributed by atoms with Crippen LogP contribution in [0.15, 0.2) is 158 Å². The molecule has 0 aromatic carbocycles. The second-order valence-electron chi connectivity index (χ2n) is 15.9. The Kier molecular flexibility index (Phi) is 47.7. The molecule has 65 heavy (non-hydrogen) atoms. The smallest absolute Gasteiger partial charge is 0.306 e. The fourth-order valence-corrected chi connectivity index (χ4v) is 6.09. The van der Waals surface area contributed by atoms with Crippen molar-refractivity contribution in [2.75, 3.05) is 13.2 Å². The van der Waals surface area contributed by atoms with E-state index >= 15 is 0 Å². The minimum Gasteiger partial charge on any atom is -0.462 e. The van der Waals surface area contributed by atoms with Crippen molar-refractivity contribution < 1.29 is 28.6 Å². The van der Waals surface area contributed by atoms with Crippen molar-refractivity contribution in [2.45, 2.75) is 181 Å². The highest BCUT2D eigenvalue weighted by Crippen LogP contribution is 2.12. The van der Waals surface area contributed by atoms with Gasteiger partial charge in [-0.2, -0.15) is 0 Å². The molecule has 0 spiro atoms. The number of carbonyl (C=O) groups is 3. The van der Waals surface area contributed by atoms with Crippen LogP contribution in [0.3, 0.4) is 0 Å². The van der Waals surface area contributed by atoms with E-state index in [0.717, 1.165) is 83.5 Å². The summed E-state index contributed by atoms with van der Waals surface area (Å²) in [7, 11) is 0. The fourth-order valence-electron chi connectivity index (χ4n) is 6.09. The van der Waals surface area contributed by atoms with Crippen molar-refractivity contribution in [1.82, 2.24) is 0 Å². The largest absolute Gasteiger partial charge is 0.462 e. The van der Waals surface area contributed by atoms with Gasteiger partial charge in [0, 0.05) is 19.3 Å². The van der Waals surface area contributed by atoms with Crippen molar-refractivity contribution in [2.24, 2.45) is 0 Å². The van der Waals surface area contributed by atoms with E-state index in [9.17, 15) is 14.4 Å². The molecule has 0 amide bonds. The lowest BCUT2D eigenvalue weighted by molar-refractivity contribution is -0.167. The number of hydrogen-bond acceptors (Lipinski definition) is 6. The highest BCUT2D eigenvalue weighted by atomic mass is 16.6. The molecule has 0 aliphatic rings. The van der Waals surface area contributed by atoms with Gasteiger partial charge in [-0.3, -0.25) is 14.4 Å². The molecule has 0 aromatic heterocycles. The third kappa shape index (κ3) is 49.9. The van der Waals surface area contributed by atoms with Gasteiger partial charge in [-0.1, -0.05) is 230 Å². The molecule has 0 saturated carbocycles. The predicted molar refractivity (Wildman–Crippen MR) is 278 cm³/mol. The Morgan fingerprint density at radius 3 is 0.985 bits per heavy atom. The maximum absolute atomic E-state index is 12.8. The predicted octanol–water partition coefficient (Wildman–Crippen LogP) is 16.6. The molecule has 1 atom stereocenters. The average Bonchev–Trinajstić information content (AvgIpc) is 3.30. The van der Waals surface area contributed by atoms with Crippen LogP contribution in [0.1, 0.15) is 175 Å². The molecule has 360 valence electrons. The molecule has 1 unspecified atom stereocenters. The summed E-state index contributed by atoms with van der Waals surface area (Å²) in [5.74, 6) is -1.04. The van der Waals surface area contributed by atoms with E-state index in [2.05, 4.69) is 57.2 Å². The van der Waals surface area contributed by atoms with Gasteiger partial charge < -0.3 is 14.2 Å². The Balaban J connectivity index is 4.63. The van der Waals surface area contributed by atoms with Crippen LogP contribution in [0, 0.1) is 0 Å². The molecule has 0 radical (unpaired) electrons. The Bertz CT molecular complexity index is 1540. The molecule has 6 heteroatoms. The zero-order chi connectivity index (χ0) is 47.2. The highest BCUT2D eigenvalue weighted by molar-refractivity contribution is 5.71. The van der Waals surface area contributed by atoms with Gasteiger partial charge in [0.25, 0.3) is 0 Å². The lowest BCUT2D eigenvalue weighted by Gasteiger charge is -2.18. The first kappa shape index (κ1) is 60.0. The van der Waals surface area contributed by atoms with Gasteiger partial charge >= 0.3 is 17.9 Å². The van der Waals surface area contributed by atoms with Crippen LogP contribution in [-0.2, 0) is 28.6 Å².